The van der Waals surface area contributed by atoms with Crippen LogP contribution in [0.2, 0.25) is 0 Å². The fourth-order valence-corrected chi connectivity index (χ4v) is 3.49. The molecule has 8 nitrogen and oxygen atoms in total. The highest BCUT2D eigenvalue weighted by molar-refractivity contribution is 5.95. The number of nitrogens with two attached hydrogens (primary N) is 2. The Kier molecular flexibility index (Phi) is 4.82. The second-order valence-corrected chi connectivity index (χ2v) is 6.98. The second-order valence-electron chi connectivity index (χ2n) is 6.98. The first-order valence-corrected chi connectivity index (χ1v) is 8.89. The molecule has 1 fully saturated rings. The number of alkyl halides is 4. The fraction of sp³-hybridized carbons (Fsp3) is 0.278. The number of hydrazine groups is 1. The van der Waals surface area contributed by atoms with Crippen LogP contribution < -0.4 is 16.9 Å². The number of rotatable bonds is 3. The Balaban J connectivity index is 1.72. The lowest BCUT2D eigenvalue weighted by Gasteiger charge is -2.14. The number of amides is 1. The van der Waals surface area contributed by atoms with Crippen LogP contribution in [-0.2, 0) is 6.18 Å². The van der Waals surface area contributed by atoms with Crippen LogP contribution in [-0.4, -0.2) is 50.8 Å². The third kappa shape index (κ3) is 3.55. The van der Waals surface area contributed by atoms with Crippen molar-refractivity contribution in [1.29, 1.82) is 0 Å². The zero-order valence-electron chi connectivity index (χ0n) is 15.4. The van der Waals surface area contributed by atoms with Gasteiger partial charge in [0.25, 0.3) is 5.91 Å². The molecule has 1 aliphatic heterocycles. The van der Waals surface area contributed by atoms with Gasteiger partial charge in [-0.05, 0) is 18.2 Å². The highest BCUT2D eigenvalue weighted by Crippen LogP contribution is 2.38. The van der Waals surface area contributed by atoms with Gasteiger partial charge < -0.3 is 11.1 Å². The summed E-state index contributed by atoms with van der Waals surface area (Å²) in [7, 11) is 0. The van der Waals surface area contributed by atoms with Crippen molar-refractivity contribution in [3.63, 3.8) is 0 Å². The van der Waals surface area contributed by atoms with Gasteiger partial charge in [0.05, 0.1) is 17.3 Å². The Hall–Kier alpha value is -3.25. The van der Waals surface area contributed by atoms with E-state index in [1.165, 1.54) is 29.3 Å². The minimum absolute atomic E-state index is 0.00246. The van der Waals surface area contributed by atoms with E-state index in [1.54, 1.807) is 0 Å². The van der Waals surface area contributed by atoms with Crippen LogP contribution in [0.5, 0.6) is 0 Å². The Bertz CT molecular complexity index is 1110. The summed E-state index contributed by atoms with van der Waals surface area (Å²) in [5.41, 5.74) is 4.83. The van der Waals surface area contributed by atoms with Gasteiger partial charge in [0.1, 0.15) is 18.0 Å². The summed E-state index contributed by atoms with van der Waals surface area (Å²) in [5.74, 6) is 4.67. The van der Waals surface area contributed by atoms with Crippen molar-refractivity contribution < 1.29 is 22.4 Å². The van der Waals surface area contributed by atoms with E-state index in [1.807, 2.05) is 0 Å². The van der Waals surface area contributed by atoms with E-state index in [0.29, 0.717) is 5.56 Å². The van der Waals surface area contributed by atoms with Crippen LogP contribution in [0.25, 0.3) is 16.8 Å². The third-order valence-electron chi connectivity index (χ3n) is 4.90. The van der Waals surface area contributed by atoms with Gasteiger partial charge in [-0.15, -0.1) is 0 Å². The summed E-state index contributed by atoms with van der Waals surface area (Å²) in [6.45, 7) is 0.156. The standard InChI is InChI=1S/C18H17F4N7O/c19-12-6-28(24)7-13(12)27-17(30)10-3-1-2-9(4-10)14-5-11(18(20,21)22)15-16(23)25-8-26-29(14)15/h1-5,8,12-13H,6-7,24H2,(H,27,30)(H2,23,25,26)/t12-,13+/m0/s1. The summed E-state index contributed by atoms with van der Waals surface area (Å²) in [6, 6.07) is 6.05. The van der Waals surface area contributed by atoms with Crippen molar-refractivity contribution in [2.75, 3.05) is 18.8 Å². The number of nitrogens with zero attached hydrogens (tertiary/aromatic N) is 4. The van der Waals surface area contributed by atoms with Crippen LogP contribution in [0.1, 0.15) is 15.9 Å². The van der Waals surface area contributed by atoms with Crippen LogP contribution in [0, 0.1) is 0 Å². The highest BCUT2D eigenvalue weighted by Gasteiger charge is 2.37. The van der Waals surface area contributed by atoms with Gasteiger partial charge in [-0.1, -0.05) is 12.1 Å². The Morgan fingerprint density at radius 3 is 2.67 bits per heavy atom. The van der Waals surface area contributed by atoms with Crippen molar-refractivity contribution in [1.82, 2.24) is 24.9 Å². The average Bonchev–Trinajstić information content (AvgIpc) is 3.22. The lowest BCUT2D eigenvalue weighted by atomic mass is 10.1. The van der Waals surface area contributed by atoms with E-state index >= 15 is 0 Å². The first kappa shape index (κ1) is 20.0. The molecule has 2 atom stereocenters. The van der Waals surface area contributed by atoms with Crippen molar-refractivity contribution in [3.05, 3.63) is 47.8 Å². The molecule has 0 saturated carbocycles. The summed E-state index contributed by atoms with van der Waals surface area (Å²) in [4.78, 5) is 16.2. The predicted molar refractivity (Wildman–Crippen MR) is 99.7 cm³/mol. The number of nitrogens with one attached hydrogen (secondary N) is 1. The number of fused-ring (bicyclic) bond motifs is 1. The SMILES string of the molecule is Nc1ncnn2c(-c3cccc(C(=O)N[C@@H]4CN(N)C[C@@H]4F)c3)cc(C(F)(F)F)c12. The number of anilines is 1. The predicted octanol–water partition coefficient (Wildman–Crippen LogP) is 1.62. The van der Waals surface area contributed by atoms with E-state index in [9.17, 15) is 22.4 Å². The van der Waals surface area contributed by atoms with Crippen LogP contribution in [0.3, 0.4) is 0 Å². The van der Waals surface area contributed by atoms with Gasteiger partial charge in [0, 0.05) is 24.2 Å². The van der Waals surface area contributed by atoms with E-state index in [2.05, 4.69) is 15.4 Å². The van der Waals surface area contributed by atoms with E-state index in [4.69, 9.17) is 11.6 Å². The minimum atomic E-state index is -4.68. The van der Waals surface area contributed by atoms with E-state index in [-0.39, 0.29) is 35.7 Å². The van der Waals surface area contributed by atoms with Crippen LogP contribution in [0.4, 0.5) is 23.4 Å². The fourth-order valence-electron chi connectivity index (χ4n) is 3.49. The molecule has 0 radical (unpaired) electrons. The smallest absolute Gasteiger partial charge is 0.382 e. The molecule has 0 bridgehead atoms. The Labute approximate surface area is 167 Å². The maximum atomic E-state index is 13.9. The Morgan fingerprint density at radius 1 is 1.23 bits per heavy atom. The molecule has 30 heavy (non-hydrogen) atoms. The molecule has 12 heteroatoms. The number of hydrogen-bond acceptors (Lipinski definition) is 6. The lowest BCUT2D eigenvalue weighted by molar-refractivity contribution is -0.136. The molecule has 0 aliphatic carbocycles. The van der Waals surface area contributed by atoms with Crippen molar-refractivity contribution in [2.45, 2.75) is 18.4 Å². The molecule has 1 saturated heterocycles. The molecule has 0 spiro atoms. The number of carbonyl (C=O) groups excluding carboxylic acids is 1. The van der Waals surface area contributed by atoms with Gasteiger partial charge in [-0.2, -0.15) is 18.3 Å². The zero-order valence-corrected chi connectivity index (χ0v) is 15.4. The summed E-state index contributed by atoms with van der Waals surface area (Å²) >= 11 is 0. The normalized spacial score (nSPS) is 20.0. The minimum Gasteiger partial charge on any atom is -0.382 e. The highest BCUT2D eigenvalue weighted by atomic mass is 19.4. The molecule has 1 aliphatic rings. The molecule has 2 aromatic heterocycles. The van der Waals surface area contributed by atoms with Gasteiger partial charge in [0.15, 0.2) is 5.82 Å². The first-order valence-electron chi connectivity index (χ1n) is 8.89. The summed E-state index contributed by atoms with van der Waals surface area (Å²) in [5, 5.41) is 7.71. The molecule has 3 heterocycles. The zero-order chi connectivity index (χ0) is 21.6. The quantitative estimate of drug-likeness (QED) is 0.436. The summed E-state index contributed by atoms with van der Waals surface area (Å²) < 4.78 is 55.4. The molecule has 1 aromatic carbocycles. The van der Waals surface area contributed by atoms with Crippen molar-refractivity contribution in [2.24, 2.45) is 5.84 Å². The van der Waals surface area contributed by atoms with Crippen LogP contribution >= 0.6 is 0 Å². The number of aromatic nitrogens is 3. The first-order chi connectivity index (χ1) is 14.1. The molecular formula is C18H17F4N7O. The van der Waals surface area contributed by atoms with Gasteiger partial charge in [0.2, 0.25) is 0 Å². The maximum Gasteiger partial charge on any atom is 0.418 e. The van der Waals surface area contributed by atoms with E-state index in [0.717, 1.165) is 16.9 Å². The van der Waals surface area contributed by atoms with Gasteiger partial charge in [-0.25, -0.2) is 18.9 Å². The number of halogens is 4. The van der Waals surface area contributed by atoms with Gasteiger partial charge >= 0.3 is 6.18 Å². The van der Waals surface area contributed by atoms with E-state index < -0.39 is 29.9 Å². The number of carbonyl (C=O) groups is 1. The average molecular weight is 423 g/mol. The molecule has 5 N–H and O–H groups in total. The molecule has 3 aromatic rings. The maximum absolute atomic E-state index is 13.9. The molecule has 158 valence electrons. The monoisotopic (exact) mass is 423 g/mol. The Morgan fingerprint density at radius 2 is 2.00 bits per heavy atom. The number of benzene rings is 1. The van der Waals surface area contributed by atoms with Crippen LogP contribution in [0.15, 0.2) is 36.7 Å². The lowest BCUT2D eigenvalue weighted by Crippen LogP contribution is -2.41. The third-order valence-corrected chi connectivity index (χ3v) is 4.90. The summed E-state index contributed by atoms with van der Waals surface area (Å²) in [6.07, 6.45) is -4.95. The van der Waals surface area contributed by atoms with Gasteiger partial charge in [-0.3, -0.25) is 10.6 Å². The van der Waals surface area contributed by atoms with Crippen molar-refractivity contribution >= 4 is 17.2 Å². The largest absolute Gasteiger partial charge is 0.418 e. The topological polar surface area (TPSA) is 115 Å². The van der Waals surface area contributed by atoms with Crippen molar-refractivity contribution in [3.8, 4) is 11.3 Å². The number of hydrogen-bond donors (Lipinski definition) is 3. The number of nitrogen functional groups attached to an aromatic ring is 1. The molecule has 0 unspecified atom stereocenters. The molecule has 4 rings (SSSR count). The second kappa shape index (κ2) is 7.22. The molecule has 1 amide bonds. The molecular weight excluding hydrogens is 406 g/mol.